The maximum absolute atomic E-state index is 9.85. The van der Waals surface area contributed by atoms with Gasteiger partial charge in [-0.15, -0.1) is 0 Å². The first-order valence-electron chi connectivity index (χ1n) is 2.08. The lowest BCUT2D eigenvalue weighted by Crippen LogP contribution is -2.15. The zero-order chi connectivity index (χ0) is 7.44. The minimum absolute atomic E-state index is 0.178. The van der Waals surface area contributed by atoms with Crippen LogP contribution in [0.15, 0.2) is 11.9 Å². The van der Waals surface area contributed by atoms with Gasteiger partial charge >= 0.3 is 5.97 Å². The average Bonchev–Trinajstić information content (AvgIpc) is 1.63. The van der Waals surface area contributed by atoms with Crippen LogP contribution in [-0.2, 0) is 4.79 Å². The predicted octanol–water partition coefficient (Wildman–Crippen LogP) is -1.15. The lowest BCUT2D eigenvalue weighted by atomic mass is 10.3. The normalized spacial score (nSPS) is 8.00. The maximum atomic E-state index is 9.85. The number of hydrogen-bond acceptors (Lipinski definition) is 4. The van der Waals surface area contributed by atoms with Gasteiger partial charge in [-0.25, -0.2) is 4.79 Å². The Morgan fingerprint density at radius 3 is 2.11 bits per heavy atom. The summed E-state index contributed by atoms with van der Waals surface area (Å²) in [4.78, 5) is 9.85. The molecule has 0 aliphatic rings. The molecule has 0 aliphatic carbocycles. The molecule has 9 heavy (non-hydrogen) atoms. The monoisotopic (exact) mass is 129 g/mol. The Morgan fingerprint density at radius 1 is 1.56 bits per heavy atom. The standard InChI is InChI=1S/C4H7N3O2/c5-2(4(8)9)1-3(6)7/h1,5H,6-7H2,(H,8,9). The van der Waals surface area contributed by atoms with Crippen molar-refractivity contribution in [3.05, 3.63) is 11.9 Å². The van der Waals surface area contributed by atoms with Crippen molar-refractivity contribution >= 4 is 11.7 Å². The second-order valence-electron chi connectivity index (χ2n) is 1.36. The Hall–Kier alpha value is -1.52. The summed E-state index contributed by atoms with van der Waals surface area (Å²) in [7, 11) is 0. The van der Waals surface area contributed by atoms with Crippen LogP contribution in [0.2, 0.25) is 0 Å². The van der Waals surface area contributed by atoms with Crippen LogP contribution in [-0.4, -0.2) is 16.8 Å². The molecule has 0 spiro atoms. The maximum Gasteiger partial charge on any atom is 0.353 e. The highest BCUT2D eigenvalue weighted by atomic mass is 16.4. The van der Waals surface area contributed by atoms with Crippen LogP contribution < -0.4 is 11.5 Å². The molecule has 0 bridgehead atoms. The van der Waals surface area contributed by atoms with Crippen LogP contribution in [0.5, 0.6) is 0 Å². The minimum Gasteiger partial charge on any atom is -0.477 e. The molecule has 0 fully saturated rings. The third-order valence-electron chi connectivity index (χ3n) is 0.541. The summed E-state index contributed by atoms with van der Waals surface area (Å²) in [5.41, 5.74) is 9.12. The number of carboxylic acids is 1. The Bertz CT molecular complexity index is 169. The number of rotatable bonds is 2. The van der Waals surface area contributed by atoms with E-state index in [1.54, 1.807) is 0 Å². The molecular weight excluding hydrogens is 122 g/mol. The van der Waals surface area contributed by atoms with Gasteiger partial charge in [0.05, 0.1) is 5.82 Å². The van der Waals surface area contributed by atoms with Crippen molar-refractivity contribution < 1.29 is 9.90 Å². The lowest BCUT2D eigenvalue weighted by molar-refractivity contribution is -0.129. The van der Waals surface area contributed by atoms with E-state index in [2.05, 4.69) is 0 Å². The van der Waals surface area contributed by atoms with Gasteiger partial charge in [0.2, 0.25) is 0 Å². The number of aliphatic carboxylic acids is 1. The smallest absolute Gasteiger partial charge is 0.353 e. The van der Waals surface area contributed by atoms with Crippen molar-refractivity contribution in [3.63, 3.8) is 0 Å². The van der Waals surface area contributed by atoms with Gasteiger partial charge in [-0.05, 0) is 0 Å². The molecule has 0 radical (unpaired) electrons. The Kier molecular flexibility index (Phi) is 2.25. The molecule has 5 nitrogen and oxygen atoms in total. The first kappa shape index (κ1) is 7.48. The molecule has 0 aromatic carbocycles. The summed E-state index contributed by atoms with van der Waals surface area (Å²) in [6.45, 7) is 0. The van der Waals surface area contributed by atoms with Crippen LogP contribution in [0.3, 0.4) is 0 Å². The molecule has 6 N–H and O–H groups in total. The van der Waals surface area contributed by atoms with Crippen LogP contribution in [0.25, 0.3) is 0 Å². The van der Waals surface area contributed by atoms with E-state index in [4.69, 9.17) is 22.0 Å². The summed E-state index contributed by atoms with van der Waals surface area (Å²) >= 11 is 0. The molecule has 0 rings (SSSR count). The molecule has 0 amide bonds. The van der Waals surface area contributed by atoms with Crippen molar-refractivity contribution in [2.24, 2.45) is 11.5 Å². The zero-order valence-corrected chi connectivity index (χ0v) is 4.59. The largest absolute Gasteiger partial charge is 0.477 e. The van der Waals surface area contributed by atoms with Gasteiger partial charge in [-0.2, -0.15) is 0 Å². The Morgan fingerprint density at radius 2 is 2.00 bits per heavy atom. The van der Waals surface area contributed by atoms with E-state index in [0.29, 0.717) is 0 Å². The topological polar surface area (TPSA) is 113 Å². The predicted molar refractivity (Wildman–Crippen MR) is 31.8 cm³/mol. The first-order chi connectivity index (χ1) is 4.04. The first-order valence-corrected chi connectivity index (χ1v) is 2.08. The molecule has 0 unspecified atom stereocenters. The molecule has 0 saturated carbocycles. The van der Waals surface area contributed by atoms with Gasteiger partial charge in [0, 0.05) is 6.08 Å². The van der Waals surface area contributed by atoms with Crippen molar-refractivity contribution in [1.82, 2.24) is 0 Å². The average molecular weight is 129 g/mol. The fraction of sp³-hybridized carbons (Fsp3) is 0. The van der Waals surface area contributed by atoms with Crippen molar-refractivity contribution in [2.45, 2.75) is 0 Å². The van der Waals surface area contributed by atoms with Gasteiger partial charge in [-0.3, -0.25) is 5.41 Å². The highest BCUT2D eigenvalue weighted by Crippen LogP contribution is 1.76. The second-order valence-corrected chi connectivity index (χ2v) is 1.36. The second kappa shape index (κ2) is 2.71. The number of nitrogens with two attached hydrogens (primary N) is 2. The number of carbonyl (C=O) groups is 1. The highest BCUT2D eigenvalue weighted by Gasteiger charge is 2.00. The van der Waals surface area contributed by atoms with Gasteiger partial charge in [0.15, 0.2) is 0 Å². The van der Waals surface area contributed by atoms with E-state index < -0.39 is 11.7 Å². The Balaban J connectivity index is 4.09. The van der Waals surface area contributed by atoms with Crippen LogP contribution in [0.1, 0.15) is 0 Å². The van der Waals surface area contributed by atoms with Gasteiger partial charge in [-0.1, -0.05) is 0 Å². The van der Waals surface area contributed by atoms with E-state index in [1.807, 2.05) is 0 Å². The van der Waals surface area contributed by atoms with E-state index in [-0.39, 0.29) is 5.82 Å². The Labute approximate surface area is 51.5 Å². The van der Waals surface area contributed by atoms with E-state index in [1.165, 1.54) is 0 Å². The molecule has 0 atom stereocenters. The third-order valence-corrected chi connectivity index (χ3v) is 0.541. The summed E-state index contributed by atoms with van der Waals surface area (Å²) < 4.78 is 0. The number of nitrogens with one attached hydrogen (secondary N) is 1. The van der Waals surface area contributed by atoms with Gasteiger partial charge < -0.3 is 16.6 Å². The molecule has 5 heteroatoms. The number of carboxylic acid groups (broad SMARTS) is 1. The van der Waals surface area contributed by atoms with Crippen LogP contribution in [0, 0.1) is 5.41 Å². The summed E-state index contributed by atoms with van der Waals surface area (Å²) in [6.07, 6.45) is 0.863. The quantitative estimate of drug-likeness (QED) is 0.352. The van der Waals surface area contributed by atoms with Crippen LogP contribution in [0.4, 0.5) is 0 Å². The molecule has 0 aromatic rings. The molecule has 50 valence electrons. The molecule has 0 saturated heterocycles. The van der Waals surface area contributed by atoms with Crippen molar-refractivity contribution in [3.8, 4) is 0 Å². The van der Waals surface area contributed by atoms with Gasteiger partial charge in [0.1, 0.15) is 5.71 Å². The highest BCUT2D eigenvalue weighted by molar-refractivity contribution is 6.39. The molecule has 0 aliphatic heterocycles. The lowest BCUT2D eigenvalue weighted by Gasteiger charge is -1.88. The number of hydrogen-bond donors (Lipinski definition) is 4. The van der Waals surface area contributed by atoms with Gasteiger partial charge in [0.25, 0.3) is 0 Å². The molecular formula is C4H7N3O2. The van der Waals surface area contributed by atoms with Crippen LogP contribution >= 0.6 is 0 Å². The summed E-state index contributed by atoms with van der Waals surface area (Å²) in [5.74, 6) is -1.52. The van der Waals surface area contributed by atoms with Crippen molar-refractivity contribution in [2.75, 3.05) is 0 Å². The molecule has 0 heterocycles. The fourth-order valence-electron chi connectivity index (χ4n) is 0.228. The van der Waals surface area contributed by atoms with E-state index >= 15 is 0 Å². The third kappa shape index (κ3) is 3.10. The van der Waals surface area contributed by atoms with E-state index in [9.17, 15) is 4.79 Å². The molecule has 0 aromatic heterocycles. The summed E-state index contributed by atoms with van der Waals surface area (Å²) in [5, 5.41) is 14.7. The van der Waals surface area contributed by atoms with E-state index in [0.717, 1.165) is 6.08 Å². The minimum atomic E-state index is -1.34. The fourth-order valence-corrected chi connectivity index (χ4v) is 0.228. The summed E-state index contributed by atoms with van der Waals surface area (Å²) in [6, 6.07) is 0. The zero-order valence-electron chi connectivity index (χ0n) is 4.59. The van der Waals surface area contributed by atoms with Crippen molar-refractivity contribution in [1.29, 1.82) is 5.41 Å². The SMILES string of the molecule is N=C(C=C(N)N)C(=O)O.